The van der Waals surface area contributed by atoms with Gasteiger partial charge in [0.25, 0.3) is 0 Å². The maximum Gasteiger partial charge on any atom is 0.0163 e. The standard InChI is InChI=1S/C11H23NS/c1-4-5-6-12-10-7-11(2,3)9-13-8-10/h10,12H,4-9H2,1-3H3. The van der Waals surface area contributed by atoms with E-state index in [-0.39, 0.29) is 0 Å². The second-order valence-corrected chi connectivity index (χ2v) is 5.92. The molecule has 0 amide bonds. The van der Waals surface area contributed by atoms with Gasteiger partial charge in [-0.15, -0.1) is 0 Å². The largest absolute Gasteiger partial charge is 0.313 e. The smallest absolute Gasteiger partial charge is 0.0163 e. The summed E-state index contributed by atoms with van der Waals surface area (Å²) in [5, 5.41) is 3.66. The van der Waals surface area contributed by atoms with Crippen molar-refractivity contribution >= 4 is 11.8 Å². The molecule has 1 heterocycles. The Morgan fingerprint density at radius 1 is 1.46 bits per heavy atom. The Morgan fingerprint density at radius 3 is 2.85 bits per heavy atom. The van der Waals surface area contributed by atoms with Gasteiger partial charge in [-0.3, -0.25) is 0 Å². The summed E-state index contributed by atoms with van der Waals surface area (Å²) in [4.78, 5) is 0. The van der Waals surface area contributed by atoms with Gasteiger partial charge in [0.15, 0.2) is 0 Å². The number of thioether (sulfide) groups is 1. The Labute approximate surface area is 87.1 Å². The molecule has 0 aromatic carbocycles. The summed E-state index contributed by atoms with van der Waals surface area (Å²) in [5.74, 6) is 2.64. The molecular formula is C11H23NS. The van der Waals surface area contributed by atoms with Crippen molar-refractivity contribution in [2.24, 2.45) is 5.41 Å². The lowest BCUT2D eigenvalue weighted by Crippen LogP contribution is -2.40. The molecule has 0 aliphatic carbocycles. The first kappa shape index (κ1) is 11.4. The highest BCUT2D eigenvalue weighted by Gasteiger charge is 2.27. The maximum atomic E-state index is 3.66. The molecule has 0 saturated carbocycles. The van der Waals surface area contributed by atoms with E-state index in [0.29, 0.717) is 5.41 Å². The van der Waals surface area contributed by atoms with E-state index in [2.05, 4.69) is 37.8 Å². The van der Waals surface area contributed by atoms with Crippen LogP contribution in [0.1, 0.15) is 40.0 Å². The number of hydrogen-bond acceptors (Lipinski definition) is 2. The van der Waals surface area contributed by atoms with Crippen molar-refractivity contribution in [3.05, 3.63) is 0 Å². The average Bonchev–Trinajstić information content (AvgIpc) is 2.03. The summed E-state index contributed by atoms with van der Waals surface area (Å²) in [6, 6.07) is 0.764. The third-order valence-electron chi connectivity index (χ3n) is 2.57. The lowest BCUT2D eigenvalue weighted by molar-refractivity contribution is 0.317. The molecule has 0 bridgehead atoms. The molecule has 2 heteroatoms. The second kappa shape index (κ2) is 5.26. The molecule has 1 atom stereocenters. The van der Waals surface area contributed by atoms with Crippen molar-refractivity contribution in [1.29, 1.82) is 0 Å². The first-order chi connectivity index (χ1) is 6.14. The van der Waals surface area contributed by atoms with Gasteiger partial charge in [0.1, 0.15) is 0 Å². The van der Waals surface area contributed by atoms with Crippen molar-refractivity contribution in [1.82, 2.24) is 5.32 Å². The van der Waals surface area contributed by atoms with E-state index >= 15 is 0 Å². The van der Waals surface area contributed by atoms with Gasteiger partial charge in [-0.25, -0.2) is 0 Å². The van der Waals surface area contributed by atoms with Crippen LogP contribution in [-0.2, 0) is 0 Å². The third-order valence-corrected chi connectivity index (χ3v) is 4.20. The SMILES string of the molecule is CCCCNC1CSCC(C)(C)C1. The number of rotatable bonds is 4. The normalized spacial score (nSPS) is 27.5. The van der Waals surface area contributed by atoms with Crippen LogP contribution in [0.3, 0.4) is 0 Å². The highest BCUT2D eigenvalue weighted by atomic mass is 32.2. The predicted octanol–water partition coefficient (Wildman–Crippen LogP) is 2.91. The second-order valence-electron chi connectivity index (χ2n) is 4.89. The van der Waals surface area contributed by atoms with Gasteiger partial charge in [0, 0.05) is 11.8 Å². The summed E-state index contributed by atoms with van der Waals surface area (Å²) >= 11 is 2.11. The van der Waals surface area contributed by atoms with Gasteiger partial charge in [-0.1, -0.05) is 27.2 Å². The monoisotopic (exact) mass is 201 g/mol. The van der Waals surface area contributed by atoms with E-state index in [0.717, 1.165) is 6.04 Å². The number of nitrogens with one attached hydrogen (secondary N) is 1. The van der Waals surface area contributed by atoms with Crippen LogP contribution in [0.4, 0.5) is 0 Å². The zero-order valence-electron chi connectivity index (χ0n) is 9.23. The van der Waals surface area contributed by atoms with Crippen LogP contribution in [0.15, 0.2) is 0 Å². The van der Waals surface area contributed by atoms with Gasteiger partial charge >= 0.3 is 0 Å². The van der Waals surface area contributed by atoms with E-state index < -0.39 is 0 Å². The van der Waals surface area contributed by atoms with E-state index in [9.17, 15) is 0 Å². The van der Waals surface area contributed by atoms with Crippen LogP contribution in [0.25, 0.3) is 0 Å². The molecule has 1 nitrogen and oxygen atoms in total. The van der Waals surface area contributed by atoms with Gasteiger partial charge in [0.05, 0.1) is 0 Å². The minimum atomic E-state index is 0.548. The summed E-state index contributed by atoms with van der Waals surface area (Å²) in [6.07, 6.45) is 3.97. The fraction of sp³-hybridized carbons (Fsp3) is 1.00. The molecule has 1 saturated heterocycles. The Morgan fingerprint density at radius 2 is 2.23 bits per heavy atom. The minimum absolute atomic E-state index is 0.548. The Balaban J connectivity index is 2.19. The molecule has 1 unspecified atom stereocenters. The number of unbranched alkanes of at least 4 members (excludes halogenated alkanes) is 1. The molecular weight excluding hydrogens is 178 g/mol. The van der Waals surface area contributed by atoms with Crippen LogP contribution in [0.5, 0.6) is 0 Å². The molecule has 1 aliphatic heterocycles. The zero-order chi connectivity index (χ0) is 9.73. The molecule has 1 aliphatic rings. The lowest BCUT2D eigenvalue weighted by atomic mass is 9.88. The summed E-state index contributed by atoms with van der Waals surface area (Å²) in [7, 11) is 0. The Hall–Kier alpha value is 0.310. The molecule has 1 rings (SSSR count). The van der Waals surface area contributed by atoms with Gasteiger partial charge in [0.2, 0.25) is 0 Å². The molecule has 0 aromatic rings. The van der Waals surface area contributed by atoms with Gasteiger partial charge in [-0.2, -0.15) is 11.8 Å². The highest BCUT2D eigenvalue weighted by molar-refractivity contribution is 7.99. The van der Waals surface area contributed by atoms with Crippen molar-refractivity contribution in [3.63, 3.8) is 0 Å². The van der Waals surface area contributed by atoms with E-state index in [1.165, 1.54) is 37.3 Å². The van der Waals surface area contributed by atoms with Crippen molar-refractivity contribution < 1.29 is 0 Å². The molecule has 1 fully saturated rings. The predicted molar refractivity (Wildman–Crippen MR) is 62.4 cm³/mol. The van der Waals surface area contributed by atoms with Crippen molar-refractivity contribution in [2.75, 3.05) is 18.1 Å². The quantitative estimate of drug-likeness (QED) is 0.702. The van der Waals surface area contributed by atoms with E-state index in [1.807, 2.05) is 0 Å². The third kappa shape index (κ3) is 4.37. The molecule has 13 heavy (non-hydrogen) atoms. The zero-order valence-corrected chi connectivity index (χ0v) is 10.0. The summed E-state index contributed by atoms with van der Waals surface area (Å²) in [5.41, 5.74) is 0.548. The lowest BCUT2D eigenvalue weighted by Gasteiger charge is -2.35. The summed E-state index contributed by atoms with van der Waals surface area (Å²) < 4.78 is 0. The molecule has 78 valence electrons. The molecule has 0 radical (unpaired) electrons. The molecule has 1 N–H and O–H groups in total. The first-order valence-corrected chi connectivity index (χ1v) is 6.60. The van der Waals surface area contributed by atoms with Crippen LogP contribution in [0.2, 0.25) is 0 Å². The average molecular weight is 201 g/mol. The Kier molecular flexibility index (Phi) is 4.60. The van der Waals surface area contributed by atoms with Crippen LogP contribution >= 0.6 is 11.8 Å². The van der Waals surface area contributed by atoms with E-state index in [4.69, 9.17) is 0 Å². The first-order valence-electron chi connectivity index (χ1n) is 5.45. The van der Waals surface area contributed by atoms with Crippen LogP contribution < -0.4 is 5.32 Å². The summed E-state index contributed by atoms with van der Waals surface area (Å²) in [6.45, 7) is 8.22. The van der Waals surface area contributed by atoms with Crippen LogP contribution in [-0.4, -0.2) is 24.1 Å². The van der Waals surface area contributed by atoms with Crippen molar-refractivity contribution in [3.8, 4) is 0 Å². The minimum Gasteiger partial charge on any atom is -0.313 e. The number of hydrogen-bond donors (Lipinski definition) is 1. The maximum absolute atomic E-state index is 3.66. The van der Waals surface area contributed by atoms with Gasteiger partial charge in [-0.05, 0) is 30.6 Å². The fourth-order valence-corrected chi connectivity index (χ4v) is 3.18. The highest BCUT2D eigenvalue weighted by Crippen LogP contribution is 2.33. The van der Waals surface area contributed by atoms with Crippen LogP contribution in [0, 0.1) is 5.41 Å². The van der Waals surface area contributed by atoms with Gasteiger partial charge < -0.3 is 5.32 Å². The molecule has 0 spiro atoms. The van der Waals surface area contributed by atoms with Crippen molar-refractivity contribution in [2.45, 2.75) is 46.1 Å². The van der Waals surface area contributed by atoms with E-state index in [1.54, 1.807) is 0 Å². The fourth-order valence-electron chi connectivity index (χ4n) is 1.88. The molecule has 0 aromatic heterocycles. The topological polar surface area (TPSA) is 12.0 Å². The Bertz CT molecular complexity index is 145.